The summed E-state index contributed by atoms with van der Waals surface area (Å²) in [5.41, 5.74) is 5.06. The first-order valence-electron chi connectivity index (χ1n) is 11.4. The molecule has 1 saturated heterocycles. The monoisotopic (exact) mass is 453 g/mol. The van der Waals surface area contributed by atoms with Gasteiger partial charge >= 0.3 is 0 Å². The summed E-state index contributed by atoms with van der Waals surface area (Å²) in [6.07, 6.45) is 0.0935. The van der Waals surface area contributed by atoms with Crippen LogP contribution < -0.4 is 19.7 Å². The number of benzene rings is 2. The minimum Gasteiger partial charge on any atom is -0.492 e. The van der Waals surface area contributed by atoms with Crippen molar-refractivity contribution in [2.45, 2.75) is 34.1 Å². The Balaban J connectivity index is 1.60. The third-order valence-electron chi connectivity index (χ3n) is 5.78. The molecule has 0 radical (unpaired) electrons. The second-order valence-corrected chi connectivity index (χ2v) is 8.07. The minimum absolute atomic E-state index is 0.0935. The van der Waals surface area contributed by atoms with Crippen LogP contribution in [0.2, 0.25) is 0 Å². The van der Waals surface area contributed by atoms with Crippen LogP contribution >= 0.6 is 0 Å². The van der Waals surface area contributed by atoms with Crippen LogP contribution in [-0.4, -0.2) is 50.6 Å². The summed E-state index contributed by atoms with van der Waals surface area (Å²) < 4.78 is 22.7. The summed E-state index contributed by atoms with van der Waals surface area (Å²) >= 11 is 0. The van der Waals surface area contributed by atoms with Crippen LogP contribution in [0.5, 0.6) is 11.5 Å². The van der Waals surface area contributed by atoms with Gasteiger partial charge < -0.3 is 29.0 Å². The molecule has 1 N–H and O–H groups in total. The minimum atomic E-state index is -0.203. The van der Waals surface area contributed by atoms with Crippen molar-refractivity contribution >= 4 is 28.3 Å². The van der Waals surface area contributed by atoms with Gasteiger partial charge in [0.2, 0.25) is 5.91 Å². The highest BCUT2D eigenvalue weighted by Crippen LogP contribution is 2.39. The number of aryl methyl sites for hydroxylation is 2. The van der Waals surface area contributed by atoms with Crippen LogP contribution in [0.1, 0.15) is 30.7 Å². The lowest BCUT2D eigenvalue weighted by molar-refractivity contribution is -0.115. The molecule has 0 bridgehead atoms. The molecule has 176 valence electrons. The predicted octanol–water partition coefficient (Wildman–Crippen LogP) is 4.26. The van der Waals surface area contributed by atoms with Crippen LogP contribution in [0.4, 0.5) is 11.4 Å². The van der Waals surface area contributed by atoms with E-state index in [-0.39, 0.29) is 12.3 Å². The normalized spacial score (nSPS) is 13.9. The summed E-state index contributed by atoms with van der Waals surface area (Å²) in [5, 5.41) is 7.97. The summed E-state index contributed by atoms with van der Waals surface area (Å²) in [7, 11) is 0. The molecule has 1 fully saturated rings. The molecule has 0 saturated carbocycles. The van der Waals surface area contributed by atoms with E-state index in [0.717, 1.165) is 35.3 Å². The number of rotatable bonds is 8. The van der Waals surface area contributed by atoms with Gasteiger partial charge in [-0.3, -0.25) is 4.79 Å². The van der Waals surface area contributed by atoms with E-state index in [1.807, 2.05) is 52.0 Å². The first kappa shape index (κ1) is 22.9. The van der Waals surface area contributed by atoms with E-state index in [2.05, 4.69) is 15.4 Å². The Bertz CT molecular complexity index is 1130. The van der Waals surface area contributed by atoms with Crippen LogP contribution in [0.25, 0.3) is 11.0 Å². The smallest absolute Gasteiger partial charge is 0.230 e. The first-order chi connectivity index (χ1) is 16.0. The van der Waals surface area contributed by atoms with Crippen molar-refractivity contribution in [2.24, 2.45) is 0 Å². The molecule has 0 atom stereocenters. The molecule has 3 aromatic rings. The highest BCUT2D eigenvalue weighted by Gasteiger charge is 2.21. The largest absolute Gasteiger partial charge is 0.492 e. The number of hydrogen-bond acceptors (Lipinski definition) is 7. The van der Waals surface area contributed by atoms with E-state index in [9.17, 15) is 4.79 Å². The molecule has 1 aliphatic rings. The molecule has 2 aromatic carbocycles. The van der Waals surface area contributed by atoms with Gasteiger partial charge in [-0.15, -0.1) is 0 Å². The van der Waals surface area contributed by atoms with Crippen molar-refractivity contribution in [1.29, 1.82) is 0 Å². The van der Waals surface area contributed by atoms with E-state index in [4.69, 9.17) is 18.7 Å². The lowest BCUT2D eigenvalue weighted by atomic mass is 10.1. The van der Waals surface area contributed by atoms with E-state index < -0.39 is 0 Å². The molecule has 4 rings (SSSR count). The Morgan fingerprint density at radius 1 is 1.03 bits per heavy atom. The van der Waals surface area contributed by atoms with Gasteiger partial charge in [0.1, 0.15) is 17.2 Å². The van der Waals surface area contributed by atoms with Crippen molar-refractivity contribution in [1.82, 2.24) is 5.16 Å². The molecule has 33 heavy (non-hydrogen) atoms. The third kappa shape index (κ3) is 5.06. The van der Waals surface area contributed by atoms with E-state index in [0.29, 0.717) is 54.9 Å². The predicted molar refractivity (Wildman–Crippen MR) is 128 cm³/mol. The van der Waals surface area contributed by atoms with Gasteiger partial charge in [-0.1, -0.05) is 5.16 Å². The molecular formula is C25H31N3O5. The fraction of sp³-hybridized carbons (Fsp3) is 0.440. The standard InChI is InChI=1S/C25H31N3O5/c1-5-31-23-15-21(28-7-9-30-10-8-28)24(32-6-2)13-20(23)26-25(29)14-19-18-11-16(3)17(4)12-22(18)33-27-19/h11-13,15H,5-10,14H2,1-4H3,(H,26,29). The maximum absolute atomic E-state index is 13.0. The Labute approximate surface area is 193 Å². The Kier molecular flexibility index (Phi) is 7.03. The zero-order valence-corrected chi connectivity index (χ0v) is 19.7. The Hall–Kier alpha value is -3.26. The summed E-state index contributed by atoms with van der Waals surface area (Å²) in [6.45, 7) is 11.8. The number of carbonyl (C=O) groups excluding carboxylic acids is 1. The van der Waals surface area contributed by atoms with Crippen molar-refractivity contribution in [3.8, 4) is 11.5 Å². The fourth-order valence-corrected chi connectivity index (χ4v) is 3.96. The lowest BCUT2D eigenvalue weighted by Gasteiger charge is -2.31. The molecule has 1 amide bonds. The molecule has 1 aliphatic heterocycles. The van der Waals surface area contributed by atoms with Crippen LogP contribution in [0, 0.1) is 13.8 Å². The van der Waals surface area contributed by atoms with E-state index in [1.165, 1.54) is 0 Å². The number of morpholine rings is 1. The van der Waals surface area contributed by atoms with Gasteiger partial charge in [-0.05, 0) is 51.0 Å². The van der Waals surface area contributed by atoms with Crippen molar-refractivity contribution in [2.75, 3.05) is 49.7 Å². The van der Waals surface area contributed by atoms with E-state index in [1.54, 1.807) is 0 Å². The van der Waals surface area contributed by atoms with Gasteiger partial charge in [-0.2, -0.15) is 0 Å². The Morgan fingerprint density at radius 3 is 2.45 bits per heavy atom. The number of aromatic nitrogens is 1. The molecule has 0 aliphatic carbocycles. The third-order valence-corrected chi connectivity index (χ3v) is 5.78. The van der Waals surface area contributed by atoms with Gasteiger partial charge in [-0.25, -0.2) is 0 Å². The summed E-state index contributed by atoms with van der Waals surface area (Å²) in [6, 6.07) is 7.74. The molecule has 0 unspecified atom stereocenters. The number of fused-ring (bicyclic) bond motifs is 1. The lowest BCUT2D eigenvalue weighted by Crippen LogP contribution is -2.36. The first-order valence-corrected chi connectivity index (χ1v) is 11.4. The molecule has 8 nitrogen and oxygen atoms in total. The van der Waals surface area contributed by atoms with Crippen LogP contribution in [0.3, 0.4) is 0 Å². The second-order valence-electron chi connectivity index (χ2n) is 8.07. The average molecular weight is 454 g/mol. The summed E-state index contributed by atoms with van der Waals surface area (Å²) in [5.74, 6) is 1.11. The molecule has 1 aromatic heterocycles. The highest BCUT2D eigenvalue weighted by molar-refractivity contribution is 5.96. The number of amides is 1. The van der Waals surface area contributed by atoms with Crippen LogP contribution in [0.15, 0.2) is 28.8 Å². The maximum atomic E-state index is 13.0. The number of anilines is 2. The Morgan fingerprint density at radius 2 is 1.73 bits per heavy atom. The number of nitrogens with zero attached hydrogens (tertiary/aromatic N) is 2. The van der Waals surface area contributed by atoms with E-state index >= 15 is 0 Å². The number of ether oxygens (including phenoxy) is 3. The zero-order chi connectivity index (χ0) is 23.4. The molecule has 2 heterocycles. The number of nitrogens with one attached hydrogen (secondary N) is 1. The SMILES string of the molecule is CCOc1cc(N2CCOCC2)c(OCC)cc1NC(=O)Cc1noc2cc(C)c(C)cc12. The van der Waals surface area contributed by atoms with Crippen LogP contribution in [-0.2, 0) is 16.0 Å². The van der Waals surface area contributed by atoms with Gasteiger partial charge in [0, 0.05) is 30.6 Å². The number of carbonyl (C=O) groups is 1. The molecule has 0 spiro atoms. The second kappa shape index (κ2) is 10.1. The van der Waals surface area contributed by atoms with Crippen molar-refractivity contribution < 1.29 is 23.5 Å². The van der Waals surface area contributed by atoms with Gasteiger partial charge in [0.05, 0.1) is 44.2 Å². The van der Waals surface area contributed by atoms with Crippen molar-refractivity contribution in [3.05, 3.63) is 41.1 Å². The zero-order valence-electron chi connectivity index (χ0n) is 19.7. The fourth-order valence-electron chi connectivity index (χ4n) is 3.96. The van der Waals surface area contributed by atoms with Gasteiger partial charge in [0.25, 0.3) is 0 Å². The number of hydrogen-bond donors (Lipinski definition) is 1. The highest BCUT2D eigenvalue weighted by atomic mass is 16.5. The topological polar surface area (TPSA) is 86.1 Å². The molecule has 8 heteroatoms. The summed E-state index contributed by atoms with van der Waals surface area (Å²) in [4.78, 5) is 15.2. The maximum Gasteiger partial charge on any atom is 0.230 e. The van der Waals surface area contributed by atoms with Gasteiger partial charge in [0.15, 0.2) is 5.58 Å². The molecular weight excluding hydrogens is 422 g/mol. The average Bonchev–Trinajstić information content (AvgIpc) is 3.17. The van der Waals surface area contributed by atoms with Crippen molar-refractivity contribution in [3.63, 3.8) is 0 Å². The quantitative estimate of drug-likeness (QED) is 0.545.